The van der Waals surface area contributed by atoms with E-state index in [0.29, 0.717) is 6.54 Å². The highest BCUT2D eigenvalue weighted by molar-refractivity contribution is 7.26. The summed E-state index contributed by atoms with van der Waals surface area (Å²) in [6.07, 6.45) is 10.2. The summed E-state index contributed by atoms with van der Waals surface area (Å²) < 4.78 is 6.81. The Morgan fingerprint density at radius 2 is 2.09 bits per heavy atom. The molecule has 0 unspecified atom stereocenters. The van der Waals surface area contributed by atoms with E-state index in [0.717, 1.165) is 57.1 Å². The van der Waals surface area contributed by atoms with Crippen LogP contribution in [-0.2, 0) is 19.4 Å². The van der Waals surface area contributed by atoms with Crippen LogP contribution in [0.3, 0.4) is 0 Å². The molecule has 1 aliphatic carbocycles. The lowest BCUT2D eigenvalue weighted by atomic mass is 9.73. The van der Waals surface area contributed by atoms with E-state index in [-0.39, 0.29) is 5.41 Å². The molecule has 0 saturated heterocycles. The molecule has 0 radical (unpaired) electrons. The highest BCUT2D eigenvalue weighted by Gasteiger charge is 2.31. The van der Waals surface area contributed by atoms with Crippen molar-refractivity contribution in [2.75, 3.05) is 5.32 Å². The van der Waals surface area contributed by atoms with Gasteiger partial charge in [-0.15, -0.1) is 11.3 Å². The molecule has 1 aliphatic rings. The molecular formula is C25H23N5OS. The van der Waals surface area contributed by atoms with Gasteiger partial charge in [-0.1, -0.05) is 19.9 Å². The quantitative estimate of drug-likeness (QED) is 0.367. The molecule has 1 N–H and O–H groups in total. The van der Waals surface area contributed by atoms with Crippen molar-refractivity contribution in [2.24, 2.45) is 5.41 Å². The molecule has 6 nitrogen and oxygen atoms in total. The van der Waals surface area contributed by atoms with Gasteiger partial charge < -0.3 is 9.73 Å². The molecule has 5 aromatic heterocycles. The van der Waals surface area contributed by atoms with E-state index in [1.165, 1.54) is 16.5 Å². The smallest absolute Gasteiger partial charge is 0.152 e. The molecule has 5 heterocycles. The van der Waals surface area contributed by atoms with E-state index in [2.05, 4.69) is 35.2 Å². The van der Waals surface area contributed by atoms with Crippen LogP contribution < -0.4 is 5.32 Å². The number of nitrogens with one attached hydrogen (secondary N) is 1. The van der Waals surface area contributed by atoms with Gasteiger partial charge in [-0.3, -0.25) is 4.98 Å². The Kier molecular flexibility index (Phi) is 4.47. The summed E-state index contributed by atoms with van der Waals surface area (Å²) in [5, 5.41) is 4.65. The van der Waals surface area contributed by atoms with Crippen LogP contribution in [0.25, 0.3) is 31.9 Å². The minimum absolute atomic E-state index is 0.240. The summed E-state index contributed by atoms with van der Waals surface area (Å²) in [5.41, 5.74) is 5.97. The molecule has 32 heavy (non-hydrogen) atoms. The first kappa shape index (κ1) is 19.4. The number of fused-ring (bicyclic) bond motifs is 5. The zero-order valence-corrected chi connectivity index (χ0v) is 18.9. The first-order chi connectivity index (χ1) is 15.6. The van der Waals surface area contributed by atoms with E-state index in [1.807, 2.05) is 24.4 Å². The van der Waals surface area contributed by atoms with Crippen LogP contribution >= 0.6 is 11.3 Å². The number of anilines is 1. The molecular weight excluding hydrogens is 418 g/mol. The Morgan fingerprint density at radius 3 is 2.91 bits per heavy atom. The number of furan rings is 1. The molecule has 0 aliphatic heterocycles. The molecule has 0 atom stereocenters. The maximum Gasteiger partial charge on any atom is 0.152 e. The molecule has 0 aromatic carbocycles. The molecule has 0 bridgehead atoms. The lowest BCUT2D eigenvalue weighted by Gasteiger charge is -2.32. The topological polar surface area (TPSA) is 76.7 Å². The fraction of sp³-hybridized carbons (Fsp3) is 0.280. The molecule has 0 amide bonds. The number of rotatable bonds is 4. The summed E-state index contributed by atoms with van der Waals surface area (Å²) >= 11 is 1.65. The van der Waals surface area contributed by atoms with E-state index < -0.39 is 0 Å². The van der Waals surface area contributed by atoms with E-state index in [4.69, 9.17) is 14.4 Å². The third-order valence-electron chi connectivity index (χ3n) is 6.26. The van der Waals surface area contributed by atoms with E-state index >= 15 is 0 Å². The standard InChI is InChI=1S/C25H23N5OS/c1-25(2)8-7-16-17(11-25)19-21-22(32-24(19)30-20(16)18-6-4-10-31-18)23(29-14-28-21)27-13-15-5-3-9-26-12-15/h3-6,9-10,12,14H,7-8,11,13H2,1-2H3,(H,27,28,29). The number of aromatic nitrogens is 4. The van der Waals surface area contributed by atoms with Gasteiger partial charge in [0.15, 0.2) is 5.76 Å². The van der Waals surface area contributed by atoms with Gasteiger partial charge >= 0.3 is 0 Å². The average Bonchev–Trinajstić information content (AvgIpc) is 3.45. The highest BCUT2D eigenvalue weighted by atomic mass is 32.1. The number of nitrogens with zero attached hydrogens (tertiary/aromatic N) is 4. The third kappa shape index (κ3) is 3.24. The van der Waals surface area contributed by atoms with Gasteiger partial charge in [-0.25, -0.2) is 15.0 Å². The summed E-state index contributed by atoms with van der Waals surface area (Å²) in [4.78, 5) is 19.6. The van der Waals surface area contributed by atoms with E-state index in [9.17, 15) is 0 Å². The Labute approximate surface area is 189 Å². The third-order valence-corrected chi connectivity index (χ3v) is 7.34. The Morgan fingerprint density at radius 1 is 1.16 bits per heavy atom. The van der Waals surface area contributed by atoms with Crippen LogP contribution in [0.15, 0.2) is 53.7 Å². The SMILES string of the molecule is CC1(C)CCc2c(-c3ccco3)nc3sc4c(NCc5cccnc5)ncnc4c3c2C1. The predicted molar refractivity (Wildman–Crippen MR) is 128 cm³/mol. The predicted octanol–water partition coefficient (Wildman–Crippen LogP) is 6.02. The molecule has 7 heteroatoms. The second kappa shape index (κ2) is 7.38. The van der Waals surface area contributed by atoms with Gasteiger partial charge in [0, 0.05) is 24.3 Å². The zero-order chi connectivity index (χ0) is 21.7. The van der Waals surface area contributed by atoms with Gasteiger partial charge in [0.2, 0.25) is 0 Å². The van der Waals surface area contributed by atoms with Crippen molar-refractivity contribution in [3.05, 3.63) is 65.9 Å². The van der Waals surface area contributed by atoms with Crippen molar-refractivity contribution in [3.8, 4) is 11.5 Å². The molecule has 6 rings (SSSR count). The van der Waals surface area contributed by atoms with Crippen LogP contribution in [0, 0.1) is 5.41 Å². The summed E-state index contributed by atoms with van der Waals surface area (Å²) in [6.45, 7) is 5.35. The fourth-order valence-electron chi connectivity index (χ4n) is 4.64. The maximum absolute atomic E-state index is 5.77. The number of thiophene rings is 1. The minimum atomic E-state index is 0.240. The van der Waals surface area contributed by atoms with Crippen LogP contribution in [0.2, 0.25) is 0 Å². The van der Waals surface area contributed by atoms with Crippen molar-refractivity contribution in [2.45, 2.75) is 39.7 Å². The summed E-state index contributed by atoms with van der Waals surface area (Å²) in [5.74, 6) is 1.67. The zero-order valence-electron chi connectivity index (χ0n) is 18.1. The minimum Gasteiger partial charge on any atom is -0.463 e. The number of hydrogen-bond donors (Lipinski definition) is 1. The van der Waals surface area contributed by atoms with Gasteiger partial charge in [-0.2, -0.15) is 0 Å². The maximum atomic E-state index is 5.77. The molecule has 160 valence electrons. The Balaban J connectivity index is 1.54. The largest absolute Gasteiger partial charge is 0.463 e. The lowest BCUT2D eigenvalue weighted by Crippen LogP contribution is -2.23. The van der Waals surface area contributed by atoms with Crippen molar-refractivity contribution < 1.29 is 4.42 Å². The Bertz CT molecular complexity index is 1420. The normalized spacial score (nSPS) is 15.2. The number of pyridine rings is 2. The van der Waals surface area contributed by atoms with Crippen molar-refractivity contribution in [1.29, 1.82) is 0 Å². The average molecular weight is 442 g/mol. The molecule has 5 aromatic rings. The highest BCUT2D eigenvalue weighted by Crippen LogP contribution is 2.46. The van der Waals surface area contributed by atoms with Crippen LogP contribution in [0.1, 0.15) is 37.0 Å². The van der Waals surface area contributed by atoms with Gasteiger partial charge in [0.1, 0.15) is 22.7 Å². The monoisotopic (exact) mass is 441 g/mol. The first-order valence-corrected chi connectivity index (χ1v) is 11.7. The lowest BCUT2D eigenvalue weighted by molar-refractivity contribution is 0.316. The first-order valence-electron chi connectivity index (χ1n) is 10.8. The van der Waals surface area contributed by atoms with Crippen LogP contribution in [0.4, 0.5) is 5.82 Å². The van der Waals surface area contributed by atoms with Gasteiger partial charge in [-0.05, 0) is 59.6 Å². The van der Waals surface area contributed by atoms with Crippen LogP contribution in [-0.4, -0.2) is 19.9 Å². The second-order valence-electron chi connectivity index (χ2n) is 9.13. The number of hydrogen-bond acceptors (Lipinski definition) is 7. The van der Waals surface area contributed by atoms with Crippen molar-refractivity contribution in [1.82, 2.24) is 19.9 Å². The van der Waals surface area contributed by atoms with Crippen molar-refractivity contribution >= 4 is 37.6 Å². The van der Waals surface area contributed by atoms with Gasteiger partial charge in [0.25, 0.3) is 0 Å². The molecule has 0 fully saturated rings. The molecule has 0 saturated carbocycles. The van der Waals surface area contributed by atoms with Crippen molar-refractivity contribution in [3.63, 3.8) is 0 Å². The summed E-state index contributed by atoms with van der Waals surface area (Å²) in [6, 6.07) is 7.93. The van der Waals surface area contributed by atoms with Gasteiger partial charge in [0.05, 0.1) is 16.5 Å². The van der Waals surface area contributed by atoms with E-state index in [1.54, 1.807) is 30.1 Å². The molecule has 0 spiro atoms. The summed E-state index contributed by atoms with van der Waals surface area (Å²) in [7, 11) is 0. The second-order valence-corrected chi connectivity index (χ2v) is 10.1. The van der Waals surface area contributed by atoms with Crippen LogP contribution in [0.5, 0.6) is 0 Å². The Hall–Kier alpha value is -3.32. The fourth-order valence-corrected chi connectivity index (χ4v) is 5.76.